The Labute approximate surface area is 125 Å². The van der Waals surface area contributed by atoms with E-state index in [0.29, 0.717) is 6.54 Å². The van der Waals surface area contributed by atoms with E-state index >= 15 is 0 Å². The highest BCUT2D eigenvalue weighted by atomic mass is 16.5. The van der Waals surface area contributed by atoms with Crippen LogP contribution in [0, 0.1) is 0 Å². The van der Waals surface area contributed by atoms with E-state index in [2.05, 4.69) is 22.9 Å². The molecule has 0 radical (unpaired) electrons. The van der Waals surface area contributed by atoms with Crippen LogP contribution in [0.5, 0.6) is 5.75 Å². The number of hydrogen-bond donors (Lipinski definition) is 1. The van der Waals surface area contributed by atoms with Crippen molar-refractivity contribution in [2.45, 2.75) is 6.92 Å². The van der Waals surface area contributed by atoms with Gasteiger partial charge in [0.1, 0.15) is 0 Å². The molecule has 0 aromatic heterocycles. The second-order valence-electron chi connectivity index (χ2n) is 5.59. The van der Waals surface area contributed by atoms with Gasteiger partial charge >= 0.3 is 0 Å². The van der Waals surface area contributed by atoms with E-state index < -0.39 is 0 Å². The first-order chi connectivity index (χ1) is 10.2. The molecule has 2 aliphatic rings. The van der Waals surface area contributed by atoms with Crippen LogP contribution in [0.1, 0.15) is 6.92 Å². The van der Waals surface area contributed by atoms with Crippen molar-refractivity contribution in [3.8, 4) is 5.75 Å². The van der Waals surface area contributed by atoms with E-state index in [1.165, 1.54) is 0 Å². The van der Waals surface area contributed by atoms with Crippen LogP contribution in [0.2, 0.25) is 0 Å². The normalized spacial score (nSPS) is 18.2. The van der Waals surface area contributed by atoms with Crippen LogP contribution in [0.3, 0.4) is 0 Å². The van der Waals surface area contributed by atoms with Crippen LogP contribution in [0.25, 0.3) is 0 Å². The molecule has 0 unspecified atom stereocenters. The molecule has 0 aliphatic carbocycles. The fourth-order valence-corrected chi connectivity index (χ4v) is 2.82. The molecule has 3 rings (SSSR count). The molecule has 2 heterocycles. The molecule has 21 heavy (non-hydrogen) atoms. The topological polar surface area (TPSA) is 44.8 Å². The Morgan fingerprint density at radius 1 is 1.33 bits per heavy atom. The Kier molecular flexibility index (Phi) is 3.84. The minimum Gasteiger partial charge on any atom is -0.479 e. The van der Waals surface area contributed by atoms with Gasteiger partial charge in [-0.05, 0) is 19.1 Å². The van der Waals surface area contributed by atoms with Crippen molar-refractivity contribution in [3.05, 3.63) is 30.4 Å². The molecule has 1 aromatic rings. The number of piperazine rings is 1. The van der Waals surface area contributed by atoms with Gasteiger partial charge in [0.15, 0.2) is 12.4 Å². The third kappa shape index (κ3) is 2.74. The van der Waals surface area contributed by atoms with Crippen LogP contribution >= 0.6 is 0 Å². The summed E-state index contributed by atoms with van der Waals surface area (Å²) >= 11 is 0. The SMILES string of the molecule is C=C(C)CN1C(=O)COc2c(N3CCNCC3)cccc21. The van der Waals surface area contributed by atoms with Gasteiger partial charge in [0.05, 0.1) is 11.4 Å². The maximum atomic E-state index is 12.1. The number of hydrogen-bond acceptors (Lipinski definition) is 4. The zero-order valence-corrected chi connectivity index (χ0v) is 12.4. The van der Waals surface area contributed by atoms with Gasteiger partial charge in [-0.2, -0.15) is 0 Å². The molecule has 1 amide bonds. The number of carbonyl (C=O) groups is 1. The summed E-state index contributed by atoms with van der Waals surface area (Å²) < 4.78 is 5.75. The zero-order valence-electron chi connectivity index (χ0n) is 12.4. The highest BCUT2D eigenvalue weighted by Crippen LogP contribution is 2.40. The van der Waals surface area contributed by atoms with E-state index in [-0.39, 0.29) is 12.5 Å². The third-order valence-corrected chi connectivity index (χ3v) is 3.79. The van der Waals surface area contributed by atoms with Gasteiger partial charge in [0, 0.05) is 32.7 Å². The highest BCUT2D eigenvalue weighted by molar-refractivity contribution is 5.99. The average Bonchev–Trinajstić information content (AvgIpc) is 2.50. The molecular formula is C16H21N3O2. The molecular weight excluding hydrogens is 266 g/mol. The lowest BCUT2D eigenvalue weighted by molar-refractivity contribution is -0.121. The number of amides is 1. The number of nitrogens with zero attached hydrogens (tertiary/aromatic N) is 2. The maximum absolute atomic E-state index is 12.1. The molecule has 0 saturated carbocycles. The Morgan fingerprint density at radius 3 is 2.76 bits per heavy atom. The van der Waals surface area contributed by atoms with Gasteiger partial charge in [-0.25, -0.2) is 0 Å². The third-order valence-electron chi connectivity index (χ3n) is 3.79. The lowest BCUT2D eigenvalue weighted by Crippen LogP contribution is -2.44. The van der Waals surface area contributed by atoms with Crippen LogP contribution < -0.4 is 19.9 Å². The second-order valence-corrected chi connectivity index (χ2v) is 5.59. The summed E-state index contributed by atoms with van der Waals surface area (Å²) in [7, 11) is 0. The zero-order chi connectivity index (χ0) is 14.8. The van der Waals surface area contributed by atoms with Gasteiger partial charge in [-0.1, -0.05) is 18.2 Å². The standard InChI is InChI=1S/C16H21N3O2/c1-12(2)10-19-14-5-3-4-13(16(14)21-11-15(19)20)18-8-6-17-7-9-18/h3-5,17H,1,6-11H2,2H3. The van der Waals surface area contributed by atoms with Crippen LogP contribution in [0.4, 0.5) is 11.4 Å². The molecule has 1 saturated heterocycles. The fraction of sp³-hybridized carbons (Fsp3) is 0.438. The Balaban J connectivity index is 1.97. The molecule has 5 heteroatoms. The Bertz CT molecular complexity index is 565. The fourth-order valence-electron chi connectivity index (χ4n) is 2.82. The average molecular weight is 287 g/mol. The summed E-state index contributed by atoms with van der Waals surface area (Å²) in [6.07, 6.45) is 0. The predicted molar refractivity (Wildman–Crippen MR) is 84.2 cm³/mol. The van der Waals surface area contributed by atoms with Crippen LogP contribution in [-0.4, -0.2) is 45.2 Å². The molecule has 0 spiro atoms. The highest BCUT2D eigenvalue weighted by Gasteiger charge is 2.29. The molecule has 5 nitrogen and oxygen atoms in total. The largest absolute Gasteiger partial charge is 0.479 e. The lowest BCUT2D eigenvalue weighted by Gasteiger charge is -2.35. The van der Waals surface area contributed by atoms with Crippen molar-refractivity contribution in [2.24, 2.45) is 0 Å². The van der Waals surface area contributed by atoms with Gasteiger partial charge < -0.3 is 19.9 Å². The molecule has 1 N–H and O–H groups in total. The van der Waals surface area contributed by atoms with E-state index in [1.807, 2.05) is 19.1 Å². The second kappa shape index (κ2) is 5.77. The smallest absolute Gasteiger partial charge is 0.265 e. The minimum atomic E-state index is -0.0111. The molecule has 112 valence electrons. The van der Waals surface area contributed by atoms with Crippen molar-refractivity contribution >= 4 is 17.3 Å². The van der Waals surface area contributed by atoms with Gasteiger partial charge in [-0.3, -0.25) is 4.79 Å². The summed E-state index contributed by atoms with van der Waals surface area (Å²) in [5, 5.41) is 3.35. The quantitative estimate of drug-likeness (QED) is 0.854. The van der Waals surface area contributed by atoms with E-state index in [9.17, 15) is 4.79 Å². The van der Waals surface area contributed by atoms with E-state index in [0.717, 1.165) is 48.9 Å². The summed E-state index contributed by atoms with van der Waals surface area (Å²) in [5.41, 5.74) is 2.89. The number of benzene rings is 1. The minimum absolute atomic E-state index is 0.0111. The molecule has 0 bridgehead atoms. The van der Waals surface area contributed by atoms with Crippen molar-refractivity contribution < 1.29 is 9.53 Å². The van der Waals surface area contributed by atoms with Crippen molar-refractivity contribution in [2.75, 3.05) is 49.1 Å². The molecule has 0 atom stereocenters. The van der Waals surface area contributed by atoms with Gasteiger partial charge in [0.2, 0.25) is 0 Å². The van der Waals surface area contributed by atoms with E-state index in [1.54, 1.807) is 4.90 Å². The number of rotatable bonds is 3. The number of para-hydroxylation sites is 1. The first-order valence-electron chi connectivity index (χ1n) is 7.33. The van der Waals surface area contributed by atoms with Crippen LogP contribution in [0.15, 0.2) is 30.4 Å². The van der Waals surface area contributed by atoms with Crippen molar-refractivity contribution in [3.63, 3.8) is 0 Å². The molecule has 1 aromatic carbocycles. The number of nitrogens with one attached hydrogen (secondary N) is 1. The van der Waals surface area contributed by atoms with Crippen LogP contribution in [-0.2, 0) is 4.79 Å². The first kappa shape index (κ1) is 13.9. The Hall–Kier alpha value is -2.01. The number of ether oxygens (including phenoxy) is 1. The monoisotopic (exact) mass is 287 g/mol. The number of carbonyl (C=O) groups excluding carboxylic acids is 1. The number of anilines is 2. The summed E-state index contributed by atoms with van der Waals surface area (Å²) in [6, 6.07) is 6.00. The Morgan fingerprint density at radius 2 is 2.05 bits per heavy atom. The molecule has 2 aliphatic heterocycles. The number of fused-ring (bicyclic) bond motifs is 1. The van der Waals surface area contributed by atoms with E-state index in [4.69, 9.17) is 4.74 Å². The summed E-state index contributed by atoms with van der Waals surface area (Å²) in [5.74, 6) is 0.809. The summed E-state index contributed by atoms with van der Waals surface area (Å²) in [4.78, 5) is 16.2. The summed E-state index contributed by atoms with van der Waals surface area (Å²) in [6.45, 7) is 10.3. The predicted octanol–water partition coefficient (Wildman–Crippen LogP) is 1.40. The van der Waals surface area contributed by atoms with Crippen molar-refractivity contribution in [1.82, 2.24) is 5.32 Å². The van der Waals surface area contributed by atoms with Crippen molar-refractivity contribution in [1.29, 1.82) is 0 Å². The van der Waals surface area contributed by atoms with Gasteiger partial charge in [-0.15, -0.1) is 0 Å². The lowest BCUT2D eigenvalue weighted by atomic mass is 10.1. The van der Waals surface area contributed by atoms with Gasteiger partial charge in [0.25, 0.3) is 5.91 Å². The molecule has 1 fully saturated rings. The maximum Gasteiger partial charge on any atom is 0.265 e. The first-order valence-corrected chi connectivity index (χ1v) is 7.33.